The molecule has 2 N–H and O–H groups in total. The standard InChI is InChI=1S/C9H16N2O3/c1-6(9(13)14)10-5-8(12)11(2)7-3-4-7/h6-7,10H,3-5H2,1-2H3,(H,13,14)/t6-/m0/s1. The number of carboxylic acids is 1. The zero-order valence-corrected chi connectivity index (χ0v) is 8.49. The Kier molecular flexibility index (Phi) is 3.46. The van der Waals surface area contributed by atoms with Crippen molar-refractivity contribution >= 4 is 11.9 Å². The Bertz CT molecular complexity index is 238. The zero-order valence-electron chi connectivity index (χ0n) is 8.49. The molecule has 0 aromatic rings. The first kappa shape index (κ1) is 11.0. The van der Waals surface area contributed by atoms with Gasteiger partial charge in [-0.15, -0.1) is 0 Å². The molecule has 1 saturated carbocycles. The van der Waals surface area contributed by atoms with Gasteiger partial charge in [0.25, 0.3) is 0 Å². The fourth-order valence-electron chi connectivity index (χ4n) is 1.12. The summed E-state index contributed by atoms with van der Waals surface area (Å²) >= 11 is 0. The average molecular weight is 200 g/mol. The van der Waals surface area contributed by atoms with Crippen LogP contribution in [-0.2, 0) is 9.59 Å². The van der Waals surface area contributed by atoms with Gasteiger partial charge in [0.05, 0.1) is 6.54 Å². The number of carbonyl (C=O) groups excluding carboxylic acids is 1. The van der Waals surface area contributed by atoms with Crippen LogP contribution in [0.1, 0.15) is 19.8 Å². The minimum absolute atomic E-state index is 0.0411. The smallest absolute Gasteiger partial charge is 0.320 e. The van der Waals surface area contributed by atoms with Crippen LogP contribution in [-0.4, -0.2) is 47.6 Å². The van der Waals surface area contributed by atoms with Crippen molar-refractivity contribution in [2.24, 2.45) is 0 Å². The van der Waals surface area contributed by atoms with E-state index >= 15 is 0 Å². The van der Waals surface area contributed by atoms with Crippen molar-refractivity contribution in [2.45, 2.75) is 31.8 Å². The highest BCUT2D eigenvalue weighted by atomic mass is 16.4. The van der Waals surface area contributed by atoms with Crippen LogP contribution in [0.25, 0.3) is 0 Å². The molecule has 0 aromatic heterocycles. The van der Waals surface area contributed by atoms with Gasteiger partial charge in [-0.3, -0.25) is 14.9 Å². The first-order valence-corrected chi connectivity index (χ1v) is 4.74. The Labute approximate surface area is 83.1 Å². The summed E-state index contributed by atoms with van der Waals surface area (Å²) in [5, 5.41) is 11.2. The molecule has 0 unspecified atom stereocenters. The van der Waals surface area contributed by atoms with E-state index in [1.54, 1.807) is 11.9 Å². The lowest BCUT2D eigenvalue weighted by atomic mass is 10.3. The minimum atomic E-state index is -0.938. The summed E-state index contributed by atoms with van der Waals surface area (Å²) in [7, 11) is 1.76. The molecule has 0 aromatic carbocycles. The topological polar surface area (TPSA) is 69.6 Å². The van der Waals surface area contributed by atoms with Crippen LogP contribution >= 0.6 is 0 Å². The molecular formula is C9H16N2O3. The highest BCUT2D eigenvalue weighted by molar-refractivity contribution is 5.80. The number of aliphatic carboxylic acids is 1. The Morgan fingerprint density at radius 2 is 2.14 bits per heavy atom. The maximum atomic E-state index is 11.4. The SMILES string of the molecule is C[C@H](NCC(=O)N(C)C1CC1)C(=O)O. The molecule has 1 amide bonds. The number of carbonyl (C=O) groups is 2. The molecule has 0 heterocycles. The van der Waals surface area contributed by atoms with Gasteiger partial charge in [-0.05, 0) is 19.8 Å². The predicted octanol–water partition coefficient (Wildman–Crippen LogP) is -0.330. The van der Waals surface area contributed by atoms with Gasteiger partial charge in [0.2, 0.25) is 5.91 Å². The second-order valence-corrected chi connectivity index (χ2v) is 3.68. The molecule has 0 spiro atoms. The Morgan fingerprint density at radius 1 is 1.57 bits per heavy atom. The third-order valence-electron chi connectivity index (χ3n) is 2.42. The van der Waals surface area contributed by atoms with Gasteiger partial charge in [-0.2, -0.15) is 0 Å². The van der Waals surface area contributed by atoms with Gasteiger partial charge in [-0.1, -0.05) is 0 Å². The molecule has 1 fully saturated rings. The van der Waals surface area contributed by atoms with Crippen molar-refractivity contribution in [3.8, 4) is 0 Å². The minimum Gasteiger partial charge on any atom is -0.480 e. The highest BCUT2D eigenvalue weighted by Crippen LogP contribution is 2.24. The van der Waals surface area contributed by atoms with E-state index in [0.717, 1.165) is 12.8 Å². The maximum absolute atomic E-state index is 11.4. The van der Waals surface area contributed by atoms with Crippen LogP contribution in [0.5, 0.6) is 0 Å². The number of carboxylic acid groups (broad SMARTS) is 1. The number of nitrogens with zero attached hydrogens (tertiary/aromatic N) is 1. The van der Waals surface area contributed by atoms with E-state index in [1.807, 2.05) is 0 Å². The number of hydrogen-bond donors (Lipinski definition) is 2. The molecule has 80 valence electrons. The summed E-state index contributed by atoms with van der Waals surface area (Å²) < 4.78 is 0. The van der Waals surface area contributed by atoms with E-state index < -0.39 is 12.0 Å². The molecule has 1 aliphatic rings. The summed E-state index contributed by atoms with van der Waals surface area (Å²) in [6.45, 7) is 1.62. The third-order valence-corrected chi connectivity index (χ3v) is 2.42. The Balaban J connectivity index is 2.23. The monoisotopic (exact) mass is 200 g/mol. The molecule has 1 aliphatic carbocycles. The van der Waals surface area contributed by atoms with Crippen LogP contribution in [0.2, 0.25) is 0 Å². The van der Waals surface area contributed by atoms with Gasteiger partial charge >= 0.3 is 5.97 Å². The van der Waals surface area contributed by atoms with Crippen molar-refractivity contribution in [1.29, 1.82) is 0 Å². The van der Waals surface area contributed by atoms with E-state index in [-0.39, 0.29) is 12.5 Å². The Hall–Kier alpha value is -1.10. The number of likely N-dealkylation sites (N-methyl/N-ethyl adjacent to an activating group) is 1. The summed E-state index contributed by atoms with van der Waals surface area (Å²) in [6.07, 6.45) is 2.13. The highest BCUT2D eigenvalue weighted by Gasteiger charge is 2.29. The fraction of sp³-hybridized carbons (Fsp3) is 0.778. The lowest BCUT2D eigenvalue weighted by Crippen LogP contribution is -2.42. The molecule has 0 bridgehead atoms. The lowest BCUT2D eigenvalue weighted by molar-refractivity contribution is -0.139. The van der Waals surface area contributed by atoms with Crippen LogP contribution in [0, 0.1) is 0 Å². The largest absolute Gasteiger partial charge is 0.480 e. The molecule has 14 heavy (non-hydrogen) atoms. The molecular weight excluding hydrogens is 184 g/mol. The van der Waals surface area contributed by atoms with E-state index in [0.29, 0.717) is 6.04 Å². The lowest BCUT2D eigenvalue weighted by Gasteiger charge is -2.17. The molecule has 5 nitrogen and oxygen atoms in total. The maximum Gasteiger partial charge on any atom is 0.320 e. The van der Waals surface area contributed by atoms with E-state index in [1.165, 1.54) is 6.92 Å². The zero-order chi connectivity index (χ0) is 10.7. The third kappa shape index (κ3) is 2.99. The Morgan fingerprint density at radius 3 is 2.57 bits per heavy atom. The van der Waals surface area contributed by atoms with Gasteiger partial charge in [0.1, 0.15) is 6.04 Å². The van der Waals surface area contributed by atoms with E-state index in [4.69, 9.17) is 5.11 Å². The summed E-state index contributed by atoms with van der Waals surface area (Å²) in [6, 6.07) is -0.295. The fourth-order valence-corrected chi connectivity index (χ4v) is 1.12. The molecule has 0 radical (unpaired) electrons. The van der Waals surface area contributed by atoms with Crippen LogP contribution in [0.15, 0.2) is 0 Å². The van der Waals surface area contributed by atoms with E-state index in [9.17, 15) is 9.59 Å². The molecule has 0 saturated heterocycles. The number of hydrogen-bond acceptors (Lipinski definition) is 3. The van der Waals surface area contributed by atoms with Crippen LogP contribution < -0.4 is 5.32 Å². The van der Waals surface area contributed by atoms with Crippen molar-refractivity contribution in [2.75, 3.05) is 13.6 Å². The van der Waals surface area contributed by atoms with Crippen LogP contribution in [0.3, 0.4) is 0 Å². The first-order chi connectivity index (χ1) is 6.52. The first-order valence-electron chi connectivity index (χ1n) is 4.74. The van der Waals surface area contributed by atoms with Crippen molar-refractivity contribution in [3.05, 3.63) is 0 Å². The number of nitrogens with one attached hydrogen (secondary N) is 1. The van der Waals surface area contributed by atoms with Crippen molar-refractivity contribution in [3.63, 3.8) is 0 Å². The summed E-state index contributed by atoms with van der Waals surface area (Å²) in [5.74, 6) is -0.979. The summed E-state index contributed by atoms with van der Waals surface area (Å²) in [4.78, 5) is 23.5. The van der Waals surface area contributed by atoms with Gasteiger partial charge in [0.15, 0.2) is 0 Å². The predicted molar refractivity (Wildman–Crippen MR) is 50.9 cm³/mol. The quantitative estimate of drug-likeness (QED) is 0.637. The molecule has 5 heteroatoms. The summed E-state index contributed by atoms with van der Waals surface area (Å²) in [5.41, 5.74) is 0. The van der Waals surface area contributed by atoms with Gasteiger partial charge in [-0.25, -0.2) is 0 Å². The molecule has 1 rings (SSSR count). The number of rotatable bonds is 5. The average Bonchev–Trinajstić information content (AvgIpc) is 2.95. The normalized spacial score (nSPS) is 17.6. The van der Waals surface area contributed by atoms with E-state index in [2.05, 4.69) is 5.32 Å². The van der Waals surface area contributed by atoms with Gasteiger partial charge < -0.3 is 10.0 Å². The van der Waals surface area contributed by atoms with Crippen LogP contribution in [0.4, 0.5) is 0 Å². The molecule has 1 atom stereocenters. The van der Waals surface area contributed by atoms with Gasteiger partial charge in [0, 0.05) is 13.1 Å². The number of amides is 1. The second-order valence-electron chi connectivity index (χ2n) is 3.68. The second kappa shape index (κ2) is 4.41. The van der Waals surface area contributed by atoms with Crippen molar-refractivity contribution < 1.29 is 14.7 Å². The molecule has 0 aliphatic heterocycles. The van der Waals surface area contributed by atoms with Crippen molar-refractivity contribution in [1.82, 2.24) is 10.2 Å².